The summed E-state index contributed by atoms with van der Waals surface area (Å²) in [5.41, 5.74) is 10.5. The fourth-order valence-corrected chi connectivity index (χ4v) is 3.21. The Kier molecular flexibility index (Phi) is 5.40. The Morgan fingerprint density at radius 2 is 1.87 bits per heavy atom. The molecule has 31 heavy (non-hydrogen) atoms. The van der Waals surface area contributed by atoms with Crippen molar-refractivity contribution in [2.75, 3.05) is 23.4 Å². The lowest BCUT2D eigenvalue weighted by atomic mass is 10.1. The summed E-state index contributed by atoms with van der Waals surface area (Å²) in [4.78, 5) is 17.0. The molecule has 0 aliphatic rings. The van der Waals surface area contributed by atoms with Crippen LogP contribution in [0.25, 0.3) is 22.8 Å². The highest BCUT2D eigenvalue weighted by atomic mass is 16.5. The van der Waals surface area contributed by atoms with E-state index in [0.717, 1.165) is 16.7 Å². The van der Waals surface area contributed by atoms with E-state index in [4.69, 9.17) is 10.3 Å². The van der Waals surface area contributed by atoms with Crippen LogP contribution < -0.4 is 16.4 Å². The predicted molar refractivity (Wildman–Crippen MR) is 119 cm³/mol. The maximum atomic E-state index is 12.5. The zero-order valence-corrected chi connectivity index (χ0v) is 17.5. The maximum Gasteiger partial charge on any atom is 0.265 e. The highest BCUT2D eigenvalue weighted by Crippen LogP contribution is 2.33. The molecule has 0 fully saturated rings. The summed E-state index contributed by atoms with van der Waals surface area (Å²) in [5.74, 6) is 1.13. The Labute approximate surface area is 179 Å². The first-order chi connectivity index (χ1) is 15.0. The molecule has 0 unspecified atom stereocenters. The zero-order valence-electron chi connectivity index (χ0n) is 17.5. The molecule has 158 valence electrons. The van der Waals surface area contributed by atoms with E-state index in [1.54, 1.807) is 7.05 Å². The number of aryl methyl sites for hydroxylation is 2. The monoisotopic (exact) mass is 417 g/mol. The summed E-state index contributed by atoms with van der Waals surface area (Å²) in [6.45, 7) is 3.90. The smallest absolute Gasteiger partial charge is 0.265 e. The molecule has 0 saturated carbocycles. The number of rotatable bonds is 6. The number of amides is 1. The SMILES string of the molecule is CNc1nn(CC(=O)Nc2ccc(C)cc2)c(N)c1-c1nc(-c2ccccc2C)no1. The standard InChI is InChI=1S/C22H23N7O2/c1-13-8-10-15(11-9-13)25-17(30)12-29-19(23)18(21(24-3)27-29)22-26-20(28-31-22)16-7-5-4-6-14(16)2/h4-11H,12,23H2,1-3H3,(H,24,27)(H,25,30). The van der Waals surface area contributed by atoms with Crippen LogP contribution in [0.4, 0.5) is 17.3 Å². The van der Waals surface area contributed by atoms with E-state index in [1.165, 1.54) is 4.68 Å². The van der Waals surface area contributed by atoms with Crippen LogP contribution in [0.5, 0.6) is 0 Å². The van der Waals surface area contributed by atoms with Gasteiger partial charge >= 0.3 is 0 Å². The summed E-state index contributed by atoms with van der Waals surface area (Å²) < 4.78 is 6.88. The number of carbonyl (C=O) groups is 1. The van der Waals surface area contributed by atoms with Gasteiger partial charge in [0, 0.05) is 18.3 Å². The topological polar surface area (TPSA) is 124 Å². The van der Waals surface area contributed by atoms with Gasteiger partial charge in [-0.15, -0.1) is 0 Å². The van der Waals surface area contributed by atoms with Gasteiger partial charge in [0.15, 0.2) is 5.82 Å². The molecule has 0 bridgehead atoms. The van der Waals surface area contributed by atoms with E-state index >= 15 is 0 Å². The van der Waals surface area contributed by atoms with Gasteiger partial charge in [-0.2, -0.15) is 10.1 Å². The third kappa shape index (κ3) is 4.11. The van der Waals surface area contributed by atoms with Crippen molar-refractivity contribution in [1.82, 2.24) is 19.9 Å². The predicted octanol–water partition coefficient (Wildman–Crippen LogP) is 3.48. The number of nitrogen functional groups attached to an aromatic ring is 1. The molecule has 4 rings (SSSR count). The van der Waals surface area contributed by atoms with Crippen molar-refractivity contribution in [3.05, 3.63) is 59.7 Å². The third-order valence-corrected chi connectivity index (χ3v) is 4.88. The molecule has 4 N–H and O–H groups in total. The lowest BCUT2D eigenvalue weighted by molar-refractivity contribution is -0.116. The lowest BCUT2D eigenvalue weighted by Crippen LogP contribution is -2.20. The van der Waals surface area contributed by atoms with Crippen LogP contribution in [0.15, 0.2) is 53.1 Å². The molecule has 1 amide bonds. The van der Waals surface area contributed by atoms with Gasteiger partial charge in [0.1, 0.15) is 17.9 Å². The molecule has 0 aliphatic carbocycles. The van der Waals surface area contributed by atoms with E-state index in [2.05, 4.69) is 25.9 Å². The van der Waals surface area contributed by atoms with Crippen molar-refractivity contribution in [3.8, 4) is 22.8 Å². The summed E-state index contributed by atoms with van der Waals surface area (Å²) in [6, 6.07) is 15.3. The molecule has 0 atom stereocenters. The van der Waals surface area contributed by atoms with Gasteiger partial charge in [0.2, 0.25) is 11.7 Å². The van der Waals surface area contributed by atoms with Crippen molar-refractivity contribution >= 4 is 23.2 Å². The van der Waals surface area contributed by atoms with E-state index in [0.29, 0.717) is 22.9 Å². The minimum Gasteiger partial charge on any atom is -0.383 e. The van der Waals surface area contributed by atoms with Crippen LogP contribution in [-0.4, -0.2) is 32.9 Å². The first kappa shape index (κ1) is 20.1. The highest BCUT2D eigenvalue weighted by molar-refractivity contribution is 5.91. The van der Waals surface area contributed by atoms with Crippen molar-refractivity contribution in [1.29, 1.82) is 0 Å². The van der Waals surface area contributed by atoms with Crippen molar-refractivity contribution in [3.63, 3.8) is 0 Å². The molecular weight excluding hydrogens is 394 g/mol. The molecule has 0 spiro atoms. The molecule has 0 aliphatic heterocycles. The average molecular weight is 417 g/mol. The maximum absolute atomic E-state index is 12.5. The first-order valence-corrected chi connectivity index (χ1v) is 9.77. The van der Waals surface area contributed by atoms with E-state index in [9.17, 15) is 4.79 Å². The summed E-state index contributed by atoms with van der Waals surface area (Å²) in [7, 11) is 1.71. The van der Waals surface area contributed by atoms with E-state index in [-0.39, 0.29) is 24.2 Å². The fraction of sp³-hybridized carbons (Fsp3) is 0.182. The number of nitrogens with one attached hydrogen (secondary N) is 2. The molecule has 4 aromatic rings. The largest absolute Gasteiger partial charge is 0.383 e. The minimum atomic E-state index is -0.251. The Morgan fingerprint density at radius 3 is 2.58 bits per heavy atom. The van der Waals surface area contributed by atoms with Gasteiger partial charge in [-0.05, 0) is 31.5 Å². The van der Waals surface area contributed by atoms with Gasteiger partial charge in [-0.1, -0.05) is 47.1 Å². The van der Waals surface area contributed by atoms with Gasteiger partial charge in [0.05, 0.1) is 0 Å². The lowest BCUT2D eigenvalue weighted by Gasteiger charge is -2.07. The van der Waals surface area contributed by atoms with Crippen molar-refractivity contribution in [2.24, 2.45) is 0 Å². The molecule has 9 heteroatoms. The van der Waals surface area contributed by atoms with Gasteiger partial charge in [-0.25, -0.2) is 4.68 Å². The van der Waals surface area contributed by atoms with E-state index in [1.807, 2.05) is 62.4 Å². The normalized spacial score (nSPS) is 10.8. The Morgan fingerprint density at radius 1 is 1.13 bits per heavy atom. The van der Waals surface area contributed by atoms with Gasteiger partial charge < -0.3 is 20.9 Å². The highest BCUT2D eigenvalue weighted by Gasteiger charge is 2.24. The summed E-state index contributed by atoms with van der Waals surface area (Å²) in [6.07, 6.45) is 0. The van der Waals surface area contributed by atoms with Gasteiger partial charge in [0.25, 0.3) is 5.89 Å². The molecule has 2 heterocycles. The van der Waals surface area contributed by atoms with Crippen LogP contribution in [-0.2, 0) is 11.3 Å². The second-order valence-corrected chi connectivity index (χ2v) is 7.17. The molecule has 0 saturated heterocycles. The zero-order chi connectivity index (χ0) is 22.0. The Hall–Kier alpha value is -4.14. The number of hydrogen-bond acceptors (Lipinski definition) is 7. The number of anilines is 3. The molecule has 9 nitrogen and oxygen atoms in total. The number of nitrogens with two attached hydrogens (primary N) is 1. The Balaban J connectivity index is 1.59. The van der Waals surface area contributed by atoms with Crippen LogP contribution in [0.2, 0.25) is 0 Å². The fourth-order valence-electron chi connectivity index (χ4n) is 3.21. The van der Waals surface area contributed by atoms with Crippen molar-refractivity contribution in [2.45, 2.75) is 20.4 Å². The second-order valence-electron chi connectivity index (χ2n) is 7.17. The van der Waals surface area contributed by atoms with Crippen molar-refractivity contribution < 1.29 is 9.32 Å². The Bertz CT molecular complexity index is 1230. The van der Waals surface area contributed by atoms with Crippen LogP contribution in [0.3, 0.4) is 0 Å². The van der Waals surface area contributed by atoms with Gasteiger partial charge in [-0.3, -0.25) is 4.79 Å². The third-order valence-electron chi connectivity index (χ3n) is 4.88. The number of benzene rings is 2. The number of nitrogens with zero attached hydrogens (tertiary/aromatic N) is 4. The quantitative estimate of drug-likeness (QED) is 0.439. The number of carbonyl (C=O) groups excluding carboxylic acids is 1. The first-order valence-electron chi connectivity index (χ1n) is 9.77. The van der Waals surface area contributed by atoms with Crippen LogP contribution in [0.1, 0.15) is 11.1 Å². The van der Waals surface area contributed by atoms with Crippen LogP contribution in [0, 0.1) is 13.8 Å². The number of aromatic nitrogens is 4. The summed E-state index contributed by atoms with van der Waals surface area (Å²) >= 11 is 0. The molecule has 2 aromatic heterocycles. The molecule has 2 aromatic carbocycles. The molecular formula is C22H23N7O2. The molecule has 0 radical (unpaired) electrons. The van der Waals surface area contributed by atoms with E-state index < -0.39 is 0 Å². The summed E-state index contributed by atoms with van der Waals surface area (Å²) in [5, 5.41) is 14.3. The number of hydrogen-bond donors (Lipinski definition) is 3. The second kappa shape index (κ2) is 8.31. The average Bonchev–Trinajstić information content (AvgIpc) is 3.35. The minimum absolute atomic E-state index is 0.0623. The van der Waals surface area contributed by atoms with Crippen LogP contribution >= 0.6 is 0 Å².